The van der Waals surface area contributed by atoms with Crippen molar-refractivity contribution < 1.29 is 4.79 Å². The van der Waals surface area contributed by atoms with E-state index in [9.17, 15) is 4.79 Å². The van der Waals surface area contributed by atoms with Crippen LogP contribution in [0.3, 0.4) is 0 Å². The Morgan fingerprint density at radius 3 is 2.55 bits per heavy atom. The van der Waals surface area contributed by atoms with E-state index in [0.717, 1.165) is 28.7 Å². The second-order valence-corrected chi connectivity index (χ2v) is 7.92. The molecule has 0 bridgehead atoms. The minimum atomic E-state index is -0.142. The van der Waals surface area contributed by atoms with Crippen LogP contribution >= 0.6 is 0 Å². The number of imidazole rings is 1. The predicted molar refractivity (Wildman–Crippen MR) is 121 cm³/mol. The molecule has 3 aromatic carbocycles. The highest BCUT2D eigenvalue weighted by atomic mass is 16.2. The van der Waals surface area contributed by atoms with Gasteiger partial charge in [0.2, 0.25) is 5.91 Å². The molecule has 0 aliphatic carbocycles. The Bertz CT molecular complexity index is 1170. The third kappa shape index (κ3) is 4.21. The number of carbonyl (C=O) groups is 1. The molecule has 0 radical (unpaired) electrons. The summed E-state index contributed by atoms with van der Waals surface area (Å²) in [6.45, 7) is 1.90. The first kappa shape index (κ1) is 19.5. The summed E-state index contributed by atoms with van der Waals surface area (Å²) in [7, 11) is 0. The number of rotatable bonds is 6. The number of nitrogens with zero attached hydrogens (tertiary/aromatic N) is 2. The van der Waals surface area contributed by atoms with Crippen LogP contribution in [-0.2, 0) is 17.9 Å². The molecule has 1 aliphatic heterocycles. The lowest BCUT2D eigenvalue weighted by Gasteiger charge is -2.18. The van der Waals surface area contributed by atoms with Gasteiger partial charge >= 0.3 is 0 Å². The van der Waals surface area contributed by atoms with Crippen molar-refractivity contribution in [1.29, 1.82) is 0 Å². The Morgan fingerprint density at radius 2 is 1.71 bits per heavy atom. The Balaban J connectivity index is 1.20. The molecule has 0 saturated carbocycles. The SMILES string of the molecule is O=C(NCc1ccc(Cn2cnc3ccccc32)cc1)C1CNNC1c1ccccc1. The molecule has 3 N–H and O–H groups in total. The van der Waals surface area contributed by atoms with Crippen LogP contribution in [-0.4, -0.2) is 22.0 Å². The lowest BCUT2D eigenvalue weighted by molar-refractivity contribution is -0.125. The molecule has 0 spiro atoms. The molecule has 1 saturated heterocycles. The standard InChI is InChI=1S/C25H25N5O/c31-25(21-15-28-29-24(21)20-6-2-1-3-7-20)26-14-18-10-12-19(13-11-18)16-30-17-27-22-8-4-5-9-23(22)30/h1-13,17,21,24,28-29H,14-16H2,(H,26,31). The molecule has 1 amide bonds. The zero-order chi connectivity index (χ0) is 21.0. The number of hydrazine groups is 1. The van der Waals surface area contributed by atoms with Gasteiger partial charge in [0.05, 0.1) is 29.3 Å². The van der Waals surface area contributed by atoms with Crippen molar-refractivity contribution in [2.24, 2.45) is 5.92 Å². The summed E-state index contributed by atoms with van der Waals surface area (Å²) >= 11 is 0. The van der Waals surface area contributed by atoms with Gasteiger partial charge in [-0.3, -0.25) is 10.2 Å². The van der Waals surface area contributed by atoms with E-state index < -0.39 is 0 Å². The molecule has 4 aromatic rings. The van der Waals surface area contributed by atoms with Crippen LogP contribution in [0.2, 0.25) is 0 Å². The summed E-state index contributed by atoms with van der Waals surface area (Å²) in [6.07, 6.45) is 1.88. The van der Waals surface area contributed by atoms with Crippen molar-refractivity contribution in [1.82, 2.24) is 25.7 Å². The minimum Gasteiger partial charge on any atom is -0.352 e. The molecule has 31 heavy (non-hydrogen) atoms. The second kappa shape index (κ2) is 8.71. The molecule has 1 fully saturated rings. The van der Waals surface area contributed by atoms with E-state index in [1.807, 2.05) is 54.9 Å². The number of hydrogen-bond acceptors (Lipinski definition) is 4. The fourth-order valence-electron chi connectivity index (χ4n) is 4.13. The second-order valence-electron chi connectivity index (χ2n) is 7.92. The van der Waals surface area contributed by atoms with Crippen molar-refractivity contribution in [2.45, 2.75) is 19.1 Å². The van der Waals surface area contributed by atoms with Crippen LogP contribution in [0, 0.1) is 5.92 Å². The maximum Gasteiger partial charge on any atom is 0.226 e. The minimum absolute atomic E-state index is 0.0198. The quantitative estimate of drug-likeness (QED) is 0.456. The lowest BCUT2D eigenvalue weighted by atomic mass is 9.94. The van der Waals surface area contributed by atoms with Crippen LogP contribution in [0.5, 0.6) is 0 Å². The molecular weight excluding hydrogens is 386 g/mol. The number of amides is 1. The van der Waals surface area contributed by atoms with Crippen LogP contribution in [0.25, 0.3) is 11.0 Å². The van der Waals surface area contributed by atoms with Gasteiger partial charge in [-0.15, -0.1) is 0 Å². The van der Waals surface area contributed by atoms with E-state index in [-0.39, 0.29) is 17.9 Å². The van der Waals surface area contributed by atoms with Gasteiger partial charge < -0.3 is 9.88 Å². The molecular formula is C25H25N5O. The average molecular weight is 412 g/mol. The highest BCUT2D eigenvalue weighted by Gasteiger charge is 2.33. The smallest absolute Gasteiger partial charge is 0.226 e. The maximum absolute atomic E-state index is 12.8. The Labute approximate surface area is 181 Å². The van der Waals surface area contributed by atoms with Crippen LogP contribution in [0.15, 0.2) is 85.2 Å². The van der Waals surface area contributed by atoms with Gasteiger partial charge in [-0.05, 0) is 28.8 Å². The number of hydrogen-bond donors (Lipinski definition) is 3. The van der Waals surface area contributed by atoms with Gasteiger partial charge in [0.15, 0.2) is 0 Å². The molecule has 2 atom stereocenters. The number of para-hydroxylation sites is 2. The summed E-state index contributed by atoms with van der Waals surface area (Å²) < 4.78 is 2.15. The van der Waals surface area contributed by atoms with Gasteiger partial charge in [-0.25, -0.2) is 10.4 Å². The first-order valence-electron chi connectivity index (χ1n) is 10.6. The fraction of sp³-hybridized carbons (Fsp3) is 0.200. The molecule has 6 nitrogen and oxygen atoms in total. The topological polar surface area (TPSA) is 71.0 Å². The summed E-state index contributed by atoms with van der Waals surface area (Å²) in [5.74, 6) is -0.0866. The largest absolute Gasteiger partial charge is 0.352 e. The Hall–Kier alpha value is -3.48. The zero-order valence-electron chi connectivity index (χ0n) is 17.2. The summed E-state index contributed by atoms with van der Waals surface area (Å²) in [6, 6.07) is 26.6. The highest BCUT2D eigenvalue weighted by molar-refractivity contribution is 5.80. The first-order valence-corrected chi connectivity index (χ1v) is 10.6. The van der Waals surface area contributed by atoms with Gasteiger partial charge in [-0.2, -0.15) is 0 Å². The monoisotopic (exact) mass is 411 g/mol. The van der Waals surface area contributed by atoms with Crippen molar-refractivity contribution in [3.05, 3.63) is 102 Å². The summed E-state index contributed by atoms with van der Waals surface area (Å²) in [5.41, 5.74) is 11.9. The van der Waals surface area contributed by atoms with Crippen molar-refractivity contribution in [3.8, 4) is 0 Å². The molecule has 1 aromatic heterocycles. The lowest BCUT2D eigenvalue weighted by Crippen LogP contribution is -2.34. The molecule has 6 heteroatoms. The van der Waals surface area contributed by atoms with Gasteiger partial charge in [0, 0.05) is 19.6 Å². The maximum atomic E-state index is 12.8. The third-order valence-electron chi connectivity index (χ3n) is 5.85. The van der Waals surface area contributed by atoms with Crippen LogP contribution < -0.4 is 16.2 Å². The van der Waals surface area contributed by atoms with E-state index in [1.54, 1.807) is 0 Å². The number of nitrogens with one attached hydrogen (secondary N) is 3. The van der Waals surface area contributed by atoms with E-state index in [1.165, 1.54) is 5.56 Å². The van der Waals surface area contributed by atoms with E-state index in [0.29, 0.717) is 13.1 Å². The van der Waals surface area contributed by atoms with Crippen molar-refractivity contribution >= 4 is 16.9 Å². The van der Waals surface area contributed by atoms with Crippen LogP contribution in [0.4, 0.5) is 0 Å². The normalized spacial score (nSPS) is 18.3. The summed E-state index contributed by atoms with van der Waals surface area (Å²) in [5, 5.41) is 3.10. The average Bonchev–Trinajstić information content (AvgIpc) is 3.47. The van der Waals surface area contributed by atoms with E-state index in [4.69, 9.17) is 0 Å². The number of benzene rings is 3. The van der Waals surface area contributed by atoms with Gasteiger partial charge in [0.1, 0.15) is 0 Å². The third-order valence-corrected chi connectivity index (χ3v) is 5.85. The van der Waals surface area contributed by atoms with E-state index >= 15 is 0 Å². The predicted octanol–water partition coefficient (Wildman–Crippen LogP) is 3.17. The first-order chi connectivity index (χ1) is 15.3. The van der Waals surface area contributed by atoms with Crippen molar-refractivity contribution in [3.63, 3.8) is 0 Å². The zero-order valence-corrected chi connectivity index (χ0v) is 17.2. The van der Waals surface area contributed by atoms with Gasteiger partial charge in [-0.1, -0.05) is 66.7 Å². The molecule has 2 unspecified atom stereocenters. The highest BCUT2D eigenvalue weighted by Crippen LogP contribution is 2.24. The number of aromatic nitrogens is 2. The summed E-state index contributed by atoms with van der Waals surface area (Å²) in [4.78, 5) is 17.3. The van der Waals surface area contributed by atoms with Crippen LogP contribution in [0.1, 0.15) is 22.7 Å². The Morgan fingerprint density at radius 1 is 0.968 bits per heavy atom. The number of fused-ring (bicyclic) bond motifs is 1. The molecule has 2 heterocycles. The van der Waals surface area contributed by atoms with E-state index in [2.05, 4.69) is 56.1 Å². The molecule has 156 valence electrons. The van der Waals surface area contributed by atoms with Gasteiger partial charge in [0.25, 0.3) is 0 Å². The Kier molecular flexibility index (Phi) is 5.48. The van der Waals surface area contributed by atoms with Crippen molar-refractivity contribution in [2.75, 3.05) is 6.54 Å². The number of carbonyl (C=O) groups excluding carboxylic acids is 1. The fourth-order valence-corrected chi connectivity index (χ4v) is 4.13. The molecule has 1 aliphatic rings. The molecule has 5 rings (SSSR count).